The number of carbonyl (C=O) groups is 1. The third kappa shape index (κ3) is 7.01. The van der Waals surface area contributed by atoms with Gasteiger partial charge in [0.25, 0.3) is 0 Å². The molecule has 3 rings (SSSR count). The summed E-state index contributed by atoms with van der Waals surface area (Å²) >= 11 is 0. The number of anilines is 1. The standard InChI is InChI=1S/C24H32N4O3.HI/c1-4-25-24(27-20-12-13-21(30-3)22(15-20)31-5-2)26-16-18-9-6-7-10-19(18)17-28-14-8-11-23(28)29;/h6-7,9-10,12-13,15H,4-5,8,11,14,16-17H2,1-3H3,(H2,25,26,27);1H. The molecule has 174 valence electrons. The molecule has 1 aliphatic heterocycles. The number of carbonyl (C=O) groups excluding carboxylic acids is 1. The van der Waals surface area contributed by atoms with E-state index >= 15 is 0 Å². The average Bonchev–Trinajstić information content (AvgIpc) is 3.18. The first-order valence-corrected chi connectivity index (χ1v) is 10.8. The summed E-state index contributed by atoms with van der Waals surface area (Å²) in [5, 5.41) is 6.62. The molecule has 0 aliphatic carbocycles. The summed E-state index contributed by atoms with van der Waals surface area (Å²) in [6, 6.07) is 13.9. The van der Waals surface area contributed by atoms with Crippen molar-refractivity contribution in [2.24, 2.45) is 4.99 Å². The van der Waals surface area contributed by atoms with Crippen molar-refractivity contribution in [2.75, 3.05) is 32.1 Å². The number of amides is 1. The van der Waals surface area contributed by atoms with Gasteiger partial charge in [0.05, 0.1) is 20.3 Å². The van der Waals surface area contributed by atoms with Crippen LogP contribution in [0.2, 0.25) is 0 Å². The normalized spacial score (nSPS) is 13.5. The third-order valence-corrected chi connectivity index (χ3v) is 5.13. The Balaban J connectivity index is 0.00000363. The summed E-state index contributed by atoms with van der Waals surface area (Å²) in [4.78, 5) is 18.7. The molecule has 0 unspecified atom stereocenters. The highest BCUT2D eigenvalue weighted by Crippen LogP contribution is 2.30. The van der Waals surface area contributed by atoms with Crippen molar-refractivity contribution in [3.05, 3.63) is 53.6 Å². The second kappa shape index (κ2) is 13.1. The Kier molecular flexibility index (Phi) is 10.6. The number of hydrogen-bond donors (Lipinski definition) is 2. The first-order valence-electron chi connectivity index (χ1n) is 10.8. The minimum absolute atomic E-state index is 0. The fraction of sp³-hybridized carbons (Fsp3) is 0.417. The smallest absolute Gasteiger partial charge is 0.222 e. The van der Waals surface area contributed by atoms with E-state index in [0.29, 0.717) is 43.6 Å². The fourth-order valence-corrected chi connectivity index (χ4v) is 3.57. The van der Waals surface area contributed by atoms with Gasteiger partial charge < -0.3 is 25.0 Å². The molecule has 8 heteroatoms. The quantitative estimate of drug-likeness (QED) is 0.274. The van der Waals surface area contributed by atoms with Crippen molar-refractivity contribution in [2.45, 2.75) is 39.8 Å². The van der Waals surface area contributed by atoms with Crippen LogP contribution in [0.5, 0.6) is 11.5 Å². The monoisotopic (exact) mass is 552 g/mol. The fourth-order valence-electron chi connectivity index (χ4n) is 3.57. The second-order valence-corrected chi connectivity index (χ2v) is 7.31. The molecule has 7 nitrogen and oxygen atoms in total. The van der Waals surface area contributed by atoms with Gasteiger partial charge in [-0.3, -0.25) is 4.79 Å². The Hall–Kier alpha value is -2.49. The maximum absolute atomic E-state index is 12.0. The van der Waals surface area contributed by atoms with E-state index in [-0.39, 0.29) is 29.9 Å². The molecule has 2 N–H and O–H groups in total. The molecule has 1 heterocycles. The van der Waals surface area contributed by atoms with E-state index < -0.39 is 0 Å². The number of ether oxygens (including phenoxy) is 2. The zero-order chi connectivity index (χ0) is 22.1. The number of hydrogen-bond acceptors (Lipinski definition) is 4. The Labute approximate surface area is 207 Å². The zero-order valence-corrected chi connectivity index (χ0v) is 21.3. The number of rotatable bonds is 9. The van der Waals surface area contributed by atoms with Crippen LogP contribution < -0.4 is 20.1 Å². The second-order valence-electron chi connectivity index (χ2n) is 7.31. The van der Waals surface area contributed by atoms with Gasteiger partial charge in [0, 0.05) is 37.8 Å². The highest BCUT2D eigenvalue weighted by Gasteiger charge is 2.20. The largest absolute Gasteiger partial charge is 0.493 e. The molecule has 0 aromatic heterocycles. The Bertz CT molecular complexity index is 920. The first kappa shape index (κ1) is 25.8. The number of halogens is 1. The summed E-state index contributed by atoms with van der Waals surface area (Å²) in [6.07, 6.45) is 1.60. The van der Waals surface area contributed by atoms with Crippen molar-refractivity contribution >= 4 is 41.5 Å². The number of guanidine groups is 1. The Morgan fingerprint density at radius 3 is 2.56 bits per heavy atom. The number of benzene rings is 2. The SMILES string of the molecule is CCNC(=NCc1ccccc1CN1CCCC1=O)Nc1ccc(OC)c(OCC)c1.I. The van der Waals surface area contributed by atoms with Gasteiger partial charge in [-0.25, -0.2) is 4.99 Å². The van der Waals surface area contributed by atoms with E-state index in [2.05, 4.69) is 22.8 Å². The number of aliphatic imine (C=N–C) groups is 1. The third-order valence-electron chi connectivity index (χ3n) is 5.13. The molecular formula is C24H33IN4O3. The highest BCUT2D eigenvalue weighted by atomic mass is 127. The Morgan fingerprint density at radius 2 is 1.91 bits per heavy atom. The van der Waals surface area contributed by atoms with Gasteiger partial charge in [0.1, 0.15) is 0 Å². The molecule has 1 amide bonds. The van der Waals surface area contributed by atoms with E-state index in [1.807, 2.05) is 49.1 Å². The lowest BCUT2D eigenvalue weighted by atomic mass is 10.1. The van der Waals surface area contributed by atoms with Gasteiger partial charge in [-0.05, 0) is 43.5 Å². The summed E-state index contributed by atoms with van der Waals surface area (Å²) in [7, 11) is 1.63. The van der Waals surface area contributed by atoms with Gasteiger partial charge in [-0.2, -0.15) is 0 Å². The van der Waals surface area contributed by atoms with Crippen molar-refractivity contribution in [3.8, 4) is 11.5 Å². The number of nitrogens with zero attached hydrogens (tertiary/aromatic N) is 2. The summed E-state index contributed by atoms with van der Waals surface area (Å²) in [5.74, 6) is 2.30. The molecule has 1 aliphatic rings. The molecule has 0 atom stereocenters. The predicted octanol–water partition coefficient (Wildman–Crippen LogP) is 4.41. The molecular weight excluding hydrogens is 519 g/mol. The Morgan fingerprint density at radius 1 is 1.12 bits per heavy atom. The van der Waals surface area contributed by atoms with Crippen LogP contribution in [0.4, 0.5) is 5.69 Å². The molecule has 1 saturated heterocycles. The minimum atomic E-state index is 0. The van der Waals surface area contributed by atoms with Crippen molar-refractivity contribution < 1.29 is 14.3 Å². The van der Waals surface area contributed by atoms with Gasteiger partial charge in [-0.15, -0.1) is 24.0 Å². The van der Waals surface area contributed by atoms with E-state index in [1.165, 1.54) is 0 Å². The number of nitrogens with one attached hydrogen (secondary N) is 2. The molecule has 0 saturated carbocycles. The molecule has 0 radical (unpaired) electrons. The lowest BCUT2D eigenvalue weighted by molar-refractivity contribution is -0.128. The number of methoxy groups -OCH3 is 1. The number of likely N-dealkylation sites (tertiary alicyclic amines) is 1. The maximum atomic E-state index is 12.0. The van der Waals surface area contributed by atoms with Crippen molar-refractivity contribution in [3.63, 3.8) is 0 Å². The molecule has 0 bridgehead atoms. The molecule has 2 aromatic rings. The summed E-state index contributed by atoms with van der Waals surface area (Å²) in [6.45, 7) is 7.27. The van der Waals surface area contributed by atoms with Gasteiger partial charge in [-0.1, -0.05) is 24.3 Å². The van der Waals surface area contributed by atoms with Crippen LogP contribution in [0.15, 0.2) is 47.5 Å². The van der Waals surface area contributed by atoms with Crippen molar-refractivity contribution in [1.29, 1.82) is 0 Å². The van der Waals surface area contributed by atoms with Gasteiger partial charge in [0.15, 0.2) is 17.5 Å². The van der Waals surface area contributed by atoms with E-state index in [9.17, 15) is 4.79 Å². The van der Waals surface area contributed by atoms with E-state index in [1.54, 1.807) is 7.11 Å². The molecule has 32 heavy (non-hydrogen) atoms. The van der Waals surface area contributed by atoms with Crippen LogP contribution in [0, 0.1) is 0 Å². The zero-order valence-electron chi connectivity index (χ0n) is 19.0. The van der Waals surface area contributed by atoms with Crippen LogP contribution in [0.3, 0.4) is 0 Å². The van der Waals surface area contributed by atoms with Crippen LogP contribution in [0.25, 0.3) is 0 Å². The van der Waals surface area contributed by atoms with Crippen LogP contribution in [0.1, 0.15) is 37.8 Å². The minimum Gasteiger partial charge on any atom is -0.493 e. The van der Waals surface area contributed by atoms with Crippen LogP contribution in [-0.4, -0.2) is 43.6 Å². The van der Waals surface area contributed by atoms with Crippen LogP contribution in [-0.2, 0) is 17.9 Å². The molecule has 2 aromatic carbocycles. The predicted molar refractivity (Wildman–Crippen MR) is 139 cm³/mol. The van der Waals surface area contributed by atoms with Gasteiger partial charge >= 0.3 is 0 Å². The van der Waals surface area contributed by atoms with E-state index in [4.69, 9.17) is 14.5 Å². The van der Waals surface area contributed by atoms with E-state index in [0.717, 1.165) is 36.3 Å². The first-order chi connectivity index (χ1) is 15.1. The lowest BCUT2D eigenvalue weighted by Gasteiger charge is -2.18. The molecule has 0 spiro atoms. The lowest BCUT2D eigenvalue weighted by Crippen LogP contribution is -2.30. The average molecular weight is 552 g/mol. The topological polar surface area (TPSA) is 75.2 Å². The van der Waals surface area contributed by atoms with Crippen LogP contribution >= 0.6 is 24.0 Å². The summed E-state index contributed by atoms with van der Waals surface area (Å²) in [5.41, 5.74) is 3.12. The van der Waals surface area contributed by atoms with Gasteiger partial charge in [0.2, 0.25) is 5.91 Å². The molecule has 1 fully saturated rings. The summed E-state index contributed by atoms with van der Waals surface area (Å²) < 4.78 is 11.0. The highest BCUT2D eigenvalue weighted by molar-refractivity contribution is 14.0. The van der Waals surface area contributed by atoms with Crippen molar-refractivity contribution in [1.82, 2.24) is 10.2 Å². The maximum Gasteiger partial charge on any atom is 0.222 e.